The topological polar surface area (TPSA) is 234 Å². The second-order valence-electron chi connectivity index (χ2n) is 7.03. The lowest BCUT2D eigenvalue weighted by molar-refractivity contribution is -0.141. The number of aliphatic hydroxyl groups excluding tert-OH is 1. The fourth-order valence-corrected chi connectivity index (χ4v) is 2.84. The molecule has 1 aromatic rings. The molecule has 0 aliphatic rings. The highest BCUT2D eigenvalue weighted by Crippen LogP contribution is 2.11. The summed E-state index contributed by atoms with van der Waals surface area (Å²) in [5.74, 6) is -5.40. The van der Waals surface area contributed by atoms with Crippen molar-refractivity contribution in [2.24, 2.45) is 11.5 Å². The van der Waals surface area contributed by atoms with E-state index in [0.29, 0.717) is 5.56 Å². The number of thiol groups is 1. The monoisotopic (exact) mass is 485 g/mol. The maximum Gasteiger partial charge on any atom is 0.327 e. The van der Waals surface area contributed by atoms with Gasteiger partial charge in [-0.2, -0.15) is 12.6 Å². The number of rotatable bonds is 13. The molecule has 33 heavy (non-hydrogen) atoms. The van der Waals surface area contributed by atoms with Crippen LogP contribution in [-0.2, 0) is 30.4 Å². The van der Waals surface area contributed by atoms with Gasteiger partial charge in [-0.25, -0.2) is 4.79 Å². The number of nitrogens with two attached hydrogens (primary N) is 2. The molecule has 1 rings (SSSR count). The van der Waals surface area contributed by atoms with Crippen LogP contribution in [0.3, 0.4) is 0 Å². The minimum absolute atomic E-state index is 0.0346. The molecule has 4 amide bonds. The number of hydrogen-bond acceptors (Lipinski definition) is 9. The van der Waals surface area contributed by atoms with Crippen LogP contribution in [0.4, 0.5) is 0 Å². The normalized spacial score (nSPS) is 14.3. The van der Waals surface area contributed by atoms with Gasteiger partial charge in [-0.15, -0.1) is 0 Å². The van der Waals surface area contributed by atoms with Crippen molar-refractivity contribution in [3.05, 3.63) is 29.8 Å². The SMILES string of the molecule is NC(=O)CC(NC(=O)C(CO)NC(=O)C(N)Cc1ccc(O)cc1)C(=O)NC(CS)C(=O)O. The molecule has 0 aromatic heterocycles. The van der Waals surface area contributed by atoms with Gasteiger partial charge in [0.2, 0.25) is 23.6 Å². The van der Waals surface area contributed by atoms with Crippen LogP contribution in [-0.4, -0.2) is 81.4 Å². The smallest absolute Gasteiger partial charge is 0.327 e. The Morgan fingerprint density at radius 1 is 0.909 bits per heavy atom. The van der Waals surface area contributed by atoms with Crippen LogP contribution in [0.15, 0.2) is 24.3 Å². The molecule has 0 heterocycles. The minimum atomic E-state index is -1.56. The van der Waals surface area contributed by atoms with E-state index >= 15 is 0 Å². The van der Waals surface area contributed by atoms with Crippen molar-refractivity contribution in [3.63, 3.8) is 0 Å². The van der Waals surface area contributed by atoms with E-state index in [9.17, 15) is 34.2 Å². The third kappa shape index (κ3) is 9.34. The van der Waals surface area contributed by atoms with Crippen molar-refractivity contribution in [2.75, 3.05) is 12.4 Å². The Kier molecular flexibility index (Phi) is 11.1. The summed E-state index contributed by atoms with van der Waals surface area (Å²) in [7, 11) is 0. The number of carbonyl (C=O) groups is 5. The van der Waals surface area contributed by atoms with Gasteiger partial charge in [0.1, 0.15) is 23.9 Å². The van der Waals surface area contributed by atoms with E-state index in [1.807, 2.05) is 0 Å². The van der Waals surface area contributed by atoms with Crippen molar-refractivity contribution in [3.8, 4) is 5.75 Å². The highest BCUT2D eigenvalue weighted by molar-refractivity contribution is 7.80. The van der Waals surface area contributed by atoms with Gasteiger partial charge >= 0.3 is 5.97 Å². The first-order valence-electron chi connectivity index (χ1n) is 9.65. The maximum absolute atomic E-state index is 12.5. The molecule has 0 saturated heterocycles. The number of aliphatic hydroxyl groups is 1. The molecule has 4 atom stereocenters. The van der Waals surface area contributed by atoms with Gasteiger partial charge in [-0.05, 0) is 24.1 Å². The van der Waals surface area contributed by atoms with Gasteiger partial charge in [-0.1, -0.05) is 12.1 Å². The van der Waals surface area contributed by atoms with Gasteiger partial charge in [0, 0.05) is 5.75 Å². The first kappa shape index (κ1) is 27.7. The van der Waals surface area contributed by atoms with Gasteiger partial charge in [0.15, 0.2) is 0 Å². The summed E-state index contributed by atoms with van der Waals surface area (Å²) < 4.78 is 0. The first-order valence-corrected chi connectivity index (χ1v) is 10.3. The van der Waals surface area contributed by atoms with Gasteiger partial charge in [-0.3, -0.25) is 19.2 Å². The summed E-state index contributed by atoms with van der Waals surface area (Å²) in [4.78, 5) is 59.5. The van der Waals surface area contributed by atoms with E-state index in [-0.39, 0.29) is 17.9 Å². The number of amides is 4. The van der Waals surface area contributed by atoms with Gasteiger partial charge < -0.3 is 42.7 Å². The van der Waals surface area contributed by atoms with Gasteiger partial charge in [0.25, 0.3) is 0 Å². The van der Waals surface area contributed by atoms with Crippen LogP contribution >= 0.6 is 12.6 Å². The number of aromatic hydroxyl groups is 1. The molecule has 0 saturated carbocycles. The van der Waals surface area contributed by atoms with Crippen molar-refractivity contribution < 1.29 is 39.3 Å². The number of carbonyl (C=O) groups excluding carboxylic acids is 4. The van der Waals surface area contributed by atoms with Crippen LogP contribution in [0.2, 0.25) is 0 Å². The third-order valence-corrected chi connectivity index (χ3v) is 4.74. The Bertz CT molecular complexity index is 866. The van der Waals surface area contributed by atoms with E-state index in [2.05, 4.69) is 28.6 Å². The predicted molar refractivity (Wildman–Crippen MR) is 118 cm³/mol. The number of hydrogen-bond donors (Lipinski definition) is 9. The fourth-order valence-electron chi connectivity index (χ4n) is 2.59. The molecule has 4 unspecified atom stereocenters. The molecule has 13 nitrogen and oxygen atoms in total. The van der Waals surface area contributed by atoms with Gasteiger partial charge in [0.05, 0.1) is 19.1 Å². The predicted octanol–water partition coefficient (Wildman–Crippen LogP) is -3.40. The van der Waals surface area contributed by atoms with E-state index in [1.54, 1.807) is 12.1 Å². The average Bonchev–Trinajstić information content (AvgIpc) is 2.75. The molecular weight excluding hydrogens is 458 g/mol. The van der Waals surface area contributed by atoms with Crippen LogP contribution in [0, 0.1) is 0 Å². The molecule has 1 aromatic carbocycles. The Labute approximate surface area is 194 Å². The summed E-state index contributed by atoms with van der Waals surface area (Å²) in [6.07, 6.45) is -0.595. The fraction of sp³-hybridized carbons (Fsp3) is 0.421. The first-order chi connectivity index (χ1) is 15.5. The number of phenols is 1. The highest BCUT2D eigenvalue weighted by atomic mass is 32.1. The molecule has 182 valence electrons. The summed E-state index contributed by atoms with van der Waals surface area (Å²) >= 11 is 3.80. The second-order valence-corrected chi connectivity index (χ2v) is 7.40. The zero-order valence-electron chi connectivity index (χ0n) is 17.4. The maximum atomic E-state index is 12.5. The molecule has 0 bridgehead atoms. The lowest BCUT2D eigenvalue weighted by Crippen LogP contribution is -2.59. The molecule has 0 aliphatic carbocycles. The summed E-state index contributed by atoms with van der Waals surface area (Å²) in [6.45, 7) is -0.858. The van der Waals surface area contributed by atoms with E-state index in [4.69, 9.17) is 16.6 Å². The Hall–Kier alpha value is -3.36. The van der Waals surface area contributed by atoms with Crippen LogP contribution in [0.5, 0.6) is 5.75 Å². The molecular formula is C19H27N5O8S. The average molecular weight is 486 g/mol. The van der Waals surface area contributed by atoms with Crippen LogP contribution in [0.1, 0.15) is 12.0 Å². The number of primary amides is 1. The van der Waals surface area contributed by atoms with E-state index in [0.717, 1.165) is 0 Å². The molecule has 0 aliphatic heterocycles. The number of phenolic OH excluding ortho intramolecular Hbond substituents is 1. The lowest BCUT2D eigenvalue weighted by Gasteiger charge is -2.23. The lowest BCUT2D eigenvalue weighted by atomic mass is 10.1. The quantitative estimate of drug-likeness (QED) is 0.126. The molecule has 0 spiro atoms. The summed E-state index contributed by atoms with van der Waals surface area (Å²) in [5.41, 5.74) is 11.6. The van der Waals surface area contributed by atoms with E-state index in [1.165, 1.54) is 12.1 Å². The zero-order valence-corrected chi connectivity index (χ0v) is 18.3. The second kappa shape index (κ2) is 13.2. The highest BCUT2D eigenvalue weighted by Gasteiger charge is 2.30. The third-order valence-electron chi connectivity index (χ3n) is 4.38. The number of carboxylic acids is 1. The Morgan fingerprint density at radius 2 is 1.42 bits per heavy atom. The Balaban J connectivity index is 2.81. The van der Waals surface area contributed by atoms with Crippen molar-refractivity contribution in [2.45, 2.75) is 37.0 Å². The summed E-state index contributed by atoms with van der Waals surface area (Å²) in [5, 5.41) is 34.3. The largest absolute Gasteiger partial charge is 0.508 e. The zero-order chi connectivity index (χ0) is 25.1. The number of benzene rings is 1. The Morgan fingerprint density at radius 3 is 1.91 bits per heavy atom. The standard InChI is InChI=1S/C19H27N5O8S/c20-11(5-9-1-3-10(26)4-2-9)16(28)23-13(7-25)18(30)22-12(6-15(21)27)17(29)24-14(8-33)19(31)32/h1-4,11-14,25-26,33H,5-8,20H2,(H2,21,27)(H,22,30)(H,23,28)(H,24,29)(H,31,32). The number of aliphatic carboxylic acids is 1. The summed E-state index contributed by atoms with van der Waals surface area (Å²) in [6, 6.07) is 0.363. The van der Waals surface area contributed by atoms with Crippen LogP contribution < -0.4 is 27.4 Å². The van der Waals surface area contributed by atoms with E-state index < -0.39 is 66.8 Å². The number of carboxylic acid groups (broad SMARTS) is 1. The van der Waals surface area contributed by atoms with Crippen LogP contribution in [0.25, 0.3) is 0 Å². The number of nitrogens with one attached hydrogen (secondary N) is 3. The van der Waals surface area contributed by atoms with Crippen molar-refractivity contribution >= 4 is 42.2 Å². The molecule has 14 heteroatoms. The van der Waals surface area contributed by atoms with Crippen molar-refractivity contribution in [1.29, 1.82) is 0 Å². The molecule has 10 N–H and O–H groups in total. The molecule has 0 fully saturated rings. The minimum Gasteiger partial charge on any atom is -0.508 e. The van der Waals surface area contributed by atoms with Crippen molar-refractivity contribution in [1.82, 2.24) is 16.0 Å². The molecule has 0 radical (unpaired) electrons.